The van der Waals surface area contributed by atoms with Crippen molar-refractivity contribution in [1.82, 2.24) is 24.8 Å². The number of hydrogen-bond acceptors (Lipinski definition) is 4. The van der Waals surface area contributed by atoms with Gasteiger partial charge in [0.15, 0.2) is 5.96 Å². The van der Waals surface area contributed by atoms with Gasteiger partial charge in [-0.05, 0) is 25.3 Å². The van der Waals surface area contributed by atoms with E-state index < -0.39 is 0 Å². The van der Waals surface area contributed by atoms with Gasteiger partial charge in [0, 0.05) is 38.1 Å². The first-order valence-electron chi connectivity index (χ1n) is 9.22. The van der Waals surface area contributed by atoms with E-state index in [0.717, 1.165) is 37.7 Å². The molecule has 2 unspecified atom stereocenters. The van der Waals surface area contributed by atoms with Crippen molar-refractivity contribution >= 4 is 5.96 Å². The lowest BCUT2D eigenvalue weighted by atomic mass is 9.93. The number of nitrogens with zero attached hydrogens (tertiary/aromatic N) is 5. The minimum atomic E-state index is 0.407. The molecule has 0 amide bonds. The van der Waals surface area contributed by atoms with E-state index in [9.17, 15) is 0 Å². The van der Waals surface area contributed by atoms with Crippen molar-refractivity contribution in [2.24, 2.45) is 10.9 Å². The van der Waals surface area contributed by atoms with Crippen molar-refractivity contribution in [3.8, 4) is 5.88 Å². The monoisotopic (exact) mass is 356 g/mol. The lowest BCUT2D eigenvalue weighted by Gasteiger charge is -2.39. The van der Waals surface area contributed by atoms with Crippen LogP contribution in [0.5, 0.6) is 5.88 Å². The maximum atomic E-state index is 5.20. The van der Waals surface area contributed by atoms with Crippen LogP contribution < -0.4 is 10.1 Å². The summed E-state index contributed by atoms with van der Waals surface area (Å²) in [4.78, 5) is 15.8. The number of imidazole rings is 1. The van der Waals surface area contributed by atoms with E-state index >= 15 is 0 Å². The summed E-state index contributed by atoms with van der Waals surface area (Å²) >= 11 is 0. The number of aliphatic imine (C=N–C) groups is 1. The Labute approximate surface area is 155 Å². The van der Waals surface area contributed by atoms with Crippen LogP contribution in [0.25, 0.3) is 0 Å². The maximum Gasteiger partial charge on any atom is 0.213 e. The van der Waals surface area contributed by atoms with E-state index in [4.69, 9.17) is 9.73 Å². The Morgan fingerprint density at radius 3 is 3.04 bits per heavy atom. The zero-order valence-electron chi connectivity index (χ0n) is 15.8. The van der Waals surface area contributed by atoms with E-state index in [1.54, 1.807) is 7.11 Å². The van der Waals surface area contributed by atoms with Gasteiger partial charge in [-0.1, -0.05) is 13.0 Å². The first kappa shape index (κ1) is 18.2. The molecule has 7 heteroatoms. The van der Waals surface area contributed by atoms with Gasteiger partial charge in [-0.15, -0.1) is 0 Å². The molecule has 1 saturated heterocycles. The molecular weight excluding hydrogens is 328 g/mol. The highest BCUT2D eigenvalue weighted by atomic mass is 16.5. The summed E-state index contributed by atoms with van der Waals surface area (Å²) in [6.45, 7) is 7.71. The Bertz CT molecular complexity index is 715. The second kappa shape index (κ2) is 8.69. The Hall–Kier alpha value is -2.57. The van der Waals surface area contributed by atoms with Crippen LogP contribution in [-0.2, 0) is 6.54 Å². The summed E-state index contributed by atoms with van der Waals surface area (Å²) in [6.07, 6.45) is 6.94. The summed E-state index contributed by atoms with van der Waals surface area (Å²) in [6, 6.07) is 6.17. The van der Waals surface area contributed by atoms with Gasteiger partial charge in [-0.2, -0.15) is 0 Å². The van der Waals surface area contributed by atoms with Gasteiger partial charge in [-0.25, -0.2) is 15.0 Å². The lowest BCUT2D eigenvalue weighted by Crippen LogP contribution is -2.49. The van der Waals surface area contributed by atoms with E-state index in [1.807, 2.05) is 30.7 Å². The Morgan fingerprint density at radius 1 is 1.42 bits per heavy atom. The molecule has 0 aromatic carbocycles. The molecule has 3 heterocycles. The van der Waals surface area contributed by atoms with Crippen molar-refractivity contribution in [2.45, 2.75) is 32.9 Å². The molecule has 2 aromatic heterocycles. The highest BCUT2D eigenvalue weighted by Gasteiger charge is 2.28. The predicted molar refractivity (Wildman–Crippen MR) is 102 cm³/mol. The Kier molecular flexibility index (Phi) is 6.09. The van der Waals surface area contributed by atoms with Crippen molar-refractivity contribution in [3.63, 3.8) is 0 Å². The summed E-state index contributed by atoms with van der Waals surface area (Å²) in [7, 11) is 1.63. The molecule has 2 aromatic rings. The number of hydrogen-bond donors (Lipinski definition) is 1. The molecule has 0 aliphatic carbocycles. The molecule has 3 rings (SSSR count). The number of ether oxygens (including phenoxy) is 1. The van der Waals surface area contributed by atoms with Crippen LogP contribution in [0.1, 0.15) is 32.0 Å². The molecule has 1 N–H and O–H groups in total. The number of aromatic nitrogens is 3. The van der Waals surface area contributed by atoms with Gasteiger partial charge in [-0.3, -0.25) is 0 Å². The number of guanidine groups is 1. The summed E-state index contributed by atoms with van der Waals surface area (Å²) < 4.78 is 7.41. The predicted octanol–water partition coefficient (Wildman–Crippen LogP) is 2.34. The molecule has 2 atom stereocenters. The van der Waals surface area contributed by atoms with Gasteiger partial charge in [0.1, 0.15) is 0 Å². The molecule has 140 valence electrons. The standard InChI is InChI=1S/C19H28N6O/c1-4-21-19(22-12-16-6-5-7-18(23-16)26-3)24-10-8-15(2)17(13-24)25-11-9-20-14-25/h5-7,9,11,14-15,17H,4,8,10,12-13H2,1-3H3,(H,21,22). The van der Waals surface area contributed by atoms with Crippen molar-refractivity contribution < 1.29 is 4.74 Å². The number of methoxy groups -OCH3 is 1. The first-order chi connectivity index (χ1) is 12.7. The van der Waals surface area contributed by atoms with Gasteiger partial charge in [0.25, 0.3) is 0 Å². The van der Waals surface area contributed by atoms with E-state index in [2.05, 4.69) is 44.8 Å². The molecule has 1 aliphatic heterocycles. The fraction of sp³-hybridized carbons (Fsp3) is 0.526. The molecule has 0 radical (unpaired) electrons. The van der Waals surface area contributed by atoms with Crippen LogP contribution in [0, 0.1) is 5.92 Å². The van der Waals surface area contributed by atoms with E-state index in [1.165, 1.54) is 0 Å². The fourth-order valence-electron chi connectivity index (χ4n) is 3.34. The van der Waals surface area contributed by atoms with Gasteiger partial charge >= 0.3 is 0 Å². The quantitative estimate of drug-likeness (QED) is 0.658. The highest BCUT2D eigenvalue weighted by Crippen LogP contribution is 2.27. The van der Waals surface area contributed by atoms with Crippen LogP contribution >= 0.6 is 0 Å². The average molecular weight is 356 g/mol. The topological polar surface area (TPSA) is 67.6 Å². The third kappa shape index (κ3) is 4.33. The third-order valence-corrected chi connectivity index (χ3v) is 4.84. The molecule has 0 saturated carbocycles. The van der Waals surface area contributed by atoms with Crippen LogP contribution in [-0.4, -0.2) is 52.1 Å². The van der Waals surface area contributed by atoms with Gasteiger partial charge in [0.2, 0.25) is 5.88 Å². The number of piperidine rings is 1. The molecule has 1 aliphatic rings. The lowest BCUT2D eigenvalue weighted by molar-refractivity contribution is 0.189. The normalized spacial score (nSPS) is 20.9. The maximum absolute atomic E-state index is 5.20. The Morgan fingerprint density at radius 2 is 2.31 bits per heavy atom. The minimum absolute atomic E-state index is 0.407. The highest BCUT2D eigenvalue weighted by molar-refractivity contribution is 5.80. The Balaban J connectivity index is 1.73. The van der Waals surface area contributed by atoms with Crippen molar-refractivity contribution in [3.05, 3.63) is 42.6 Å². The number of rotatable bonds is 5. The largest absolute Gasteiger partial charge is 0.481 e. The molecule has 7 nitrogen and oxygen atoms in total. The summed E-state index contributed by atoms with van der Waals surface area (Å²) in [5, 5.41) is 3.42. The summed E-state index contributed by atoms with van der Waals surface area (Å²) in [5.41, 5.74) is 0.899. The van der Waals surface area contributed by atoms with Crippen LogP contribution in [0.2, 0.25) is 0 Å². The van der Waals surface area contributed by atoms with E-state index in [0.29, 0.717) is 24.4 Å². The van der Waals surface area contributed by atoms with Crippen molar-refractivity contribution in [2.75, 3.05) is 26.7 Å². The zero-order valence-corrected chi connectivity index (χ0v) is 15.8. The number of nitrogens with one attached hydrogen (secondary N) is 1. The van der Waals surface area contributed by atoms with Crippen LogP contribution in [0.15, 0.2) is 41.9 Å². The third-order valence-electron chi connectivity index (χ3n) is 4.84. The second-order valence-corrected chi connectivity index (χ2v) is 6.63. The average Bonchev–Trinajstić information content (AvgIpc) is 3.20. The summed E-state index contributed by atoms with van der Waals surface area (Å²) in [5.74, 6) is 2.17. The van der Waals surface area contributed by atoms with Crippen LogP contribution in [0.3, 0.4) is 0 Å². The van der Waals surface area contributed by atoms with Gasteiger partial charge < -0.3 is 19.5 Å². The van der Waals surface area contributed by atoms with Gasteiger partial charge in [0.05, 0.1) is 31.7 Å². The number of likely N-dealkylation sites (tertiary alicyclic amines) is 1. The second-order valence-electron chi connectivity index (χ2n) is 6.63. The smallest absolute Gasteiger partial charge is 0.213 e. The molecule has 1 fully saturated rings. The zero-order chi connectivity index (χ0) is 18.4. The minimum Gasteiger partial charge on any atom is -0.481 e. The molecule has 26 heavy (non-hydrogen) atoms. The van der Waals surface area contributed by atoms with Crippen LogP contribution in [0.4, 0.5) is 0 Å². The number of pyridine rings is 1. The fourth-order valence-corrected chi connectivity index (χ4v) is 3.34. The SMILES string of the molecule is CCNC(=NCc1cccc(OC)n1)N1CCC(C)C(n2ccnc2)C1. The first-order valence-corrected chi connectivity index (χ1v) is 9.22. The molecule has 0 spiro atoms. The van der Waals surface area contributed by atoms with E-state index in [-0.39, 0.29) is 0 Å². The molecule has 0 bridgehead atoms. The van der Waals surface area contributed by atoms with Crippen molar-refractivity contribution in [1.29, 1.82) is 0 Å². The molecular formula is C19H28N6O.